The summed E-state index contributed by atoms with van der Waals surface area (Å²) in [4.78, 5) is 0. The van der Waals surface area contributed by atoms with E-state index >= 15 is 0 Å². The topological polar surface area (TPSA) is 51.1 Å². The molecule has 1 aromatic heterocycles. The lowest BCUT2D eigenvalue weighted by atomic mass is 10.3. The van der Waals surface area contributed by atoms with E-state index in [1.807, 2.05) is 31.2 Å². The molecular formula is C15H18Cl2N4OS. The van der Waals surface area contributed by atoms with Crippen LogP contribution >= 0.6 is 35.4 Å². The second kappa shape index (κ2) is 8.38. The summed E-state index contributed by atoms with van der Waals surface area (Å²) < 4.78 is 6.86. The summed E-state index contributed by atoms with van der Waals surface area (Å²) in [5.74, 6) is 0.776. The summed E-state index contributed by atoms with van der Waals surface area (Å²) in [5.41, 5.74) is 1.61. The molecule has 0 fully saturated rings. The Balaban J connectivity index is 1.75. The number of rotatable bonds is 6. The molecule has 0 aliphatic carbocycles. The van der Waals surface area contributed by atoms with Crippen LogP contribution < -0.4 is 15.4 Å². The van der Waals surface area contributed by atoms with E-state index < -0.39 is 0 Å². The third kappa shape index (κ3) is 4.99. The zero-order valence-electron chi connectivity index (χ0n) is 12.9. The molecule has 5 nitrogen and oxygen atoms in total. The third-order valence-electron chi connectivity index (χ3n) is 3.16. The molecule has 0 amide bonds. The maximum Gasteiger partial charge on any atom is 0.170 e. The van der Waals surface area contributed by atoms with Crippen molar-refractivity contribution in [2.75, 3.05) is 19.0 Å². The zero-order chi connectivity index (χ0) is 16.8. The van der Waals surface area contributed by atoms with Crippen LogP contribution in [0.25, 0.3) is 0 Å². The van der Waals surface area contributed by atoms with E-state index in [1.165, 1.54) is 0 Å². The highest BCUT2D eigenvalue weighted by atomic mass is 35.5. The number of nitrogens with one attached hydrogen (secondary N) is 2. The molecule has 0 bridgehead atoms. The van der Waals surface area contributed by atoms with E-state index in [-0.39, 0.29) is 0 Å². The van der Waals surface area contributed by atoms with Crippen molar-refractivity contribution in [3.05, 3.63) is 40.1 Å². The molecule has 2 N–H and O–H groups in total. The van der Waals surface area contributed by atoms with Crippen molar-refractivity contribution in [2.24, 2.45) is 0 Å². The van der Waals surface area contributed by atoms with Crippen LogP contribution in [0.2, 0.25) is 10.2 Å². The van der Waals surface area contributed by atoms with Crippen LogP contribution in [0, 0.1) is 6.92 Å². The molecule has 8 heteroatoms. The molecule has 0 aliphatic heterocycles. The standard InChI is InChI=1S/C15H18Cl2N4OS/c1-10-13(16)14(17)21(20-10)8-4-7-18-15(23)19-11-5-3-6-12(9-11)22-2/h3,5-6,9H,4,7-8H2,1-2H3,(H2,18,19,23). The van der Waals surface area contributed by atoms with Gasteiger partial charge in [-0.1, -0.05) is 29.3 Å². The van der Waals surface area contributed by atoms with E-state index in [0.29, 0.717) is 28.4 Å². The Morgan fingerprint density at radius 3 is 2.83 bits per heavy atom. The minimum absolute atomic E-state index is 0.473. The lowest BCUT2D eigenvalue weighted by Gasteiger charge is -2.11. The summed E-state index contributed by atoms with van der Waals surface area (Å²) in [6, 6.07) is 7.57. The van der Waals surface area contributed by atoms with Crippen molar-refractivity contribution in [2.45, 2.75) is 19.9 Å². The summed E-state index contributed by atoms with van der Waals surface area (Å²) in [6.07, 6.45) is 0.817. The highest BCUT2D eigenvalue weighted by Gasteiger charge is 2.10. The van der Waals surface area contributed by atoms with E-state index in [0.717, 1.165) is 23.6 Å². The maximum absolute atomic E-state index is 6.09. The van der Waals surface area contributed by atoms with Gasteiger partial charge in [0.15, 0.2) is 5.11 Å². The van der Waals surface area contributed by atoms with Crippen LogP contribution in [0.4, 0.5) is 5.69 Å². The number of benzene rings is 1. The average Bonchev–Trinajstić information content (AvgIpc) is 2.79. The first kappa shape index (κ1) is 17.8. The number of hydrogen-bond acceptors (Lipinski definition) is 3. The van der Waals surface area contributed by atoms with Gasteiger partial charge in [-0.25, -0.2) is 0 Å². The van der Waals surface area contributed by atoms with Crippen molar-refractivity contribution in [1.29, 1.82) is 0 Å². The van der Waals surface area contributed by atoms with Crippen molar-refractivity contribution >= 4 is 46.2 Å². The molecule has 2 aromatic rings. The van der Waals surface area contributed by atoms with Crippen LogP contribution in [0.3, 0.4) is 0 Å². The highest BCUT2D eigenvalue weighted by Crippen LogP contribution is 2.24. The second-order valence-corrected chi connectivity index (χ2v) is 6.02. The number of thiocarbonyl (C=S) groups is 1. The smallest absolute Gasteiger partial charge is 0.170 e. The van der Waals surface area contributed by atoms with Crippen LogP contribution in [-0.2, 0) is 6.54 Å². The summed E-state index contributed by atoms with van der Waals surface area (Å²) in [7, 11) is 1.63. The first-order valence-electron chi connectivity index (χ1n) is 7.08. The molecule has 0 saturated carbocycles. The minimum atomic E-state index is 0.473. The molecule has 0 aliphatic rings. The maximum atomic E-state index is 6.09. The van der Waals surface area contributed by atoms with Crippen LogP contribution in [0.1, 0.15) is 12.1 Å². The molecule has 1 aromatic carbocycles. The molecule has 0 saturated heterocycles. The number of aromatic nitrogens is 2. The summed E-state index contributed by atoms with van der Waals surface area (Å²) in [6.45, 7) is 3.19. The van der Waals surface area contributed by atoms with Gasteiger partial charge in [-0.05, 0) is 37.7 Å². The van der Waals surface area contributed by atoms with Gasteiger partial charge in [0.05, 0.1) is 12.8 Å². The molecule has 124 valence electrons. The number of hydrogen-bond donors (Lipinski definition) is 2. The van der Waals surface area contributed by atoms with Gasteiger partial charge in [-0.2, -0.15) is 5.10 Å². The quantitative estimate of drug-likeness (QED) is 0.595. The van der Waals surface area contributed by atoms with Crippen LogP contribution in [-0.4, -0.2) is 28.5 Å². The summed E-state index contributed by atoms with van der Waals surface area (Å²) in [5, 5.41) is 12.1. The Hall–Kier alpha value is -1.50. The number of nitrogens with zero attached hydrogens (tertiary/aromatic N) is 2. The lowest BCUT2D eigenvalue weighted by molar-refractivity contribution is 0.415. The first-order valence-corrected chi connectivity index (χ1v) is 8.25. The normalized spacial score (nSPS) is 10.4. The van der Waals surface area contributed by atoms with Gasteiger partial charge in [0, 0.05) is 24.8 Å². The van der Waals surface area contributed by atoms with Crippen molar-refractivity contribution in [1.82, 2.24) is 15.1 Å². The number of ether oxygens (including phenoxy) is 1. The molecular weight excluding hydrogens is 355 g/mol. The fourth-order valence-electron chi connectivity index (χ4n) is 1.99. The van der Waals surface area contributed by atoms with Gasteiger partial charge in [-0.15, -0.1) is 0 Å². The molecule has 0 spiro atoms. The van der Waals surface area contributed by atoms with Gasteiger partial charge in [0.2, 0.25) is 0 Å². The lowest BCUT2D eigenvalue weighted by Crippen LogP contribution is -2.29. The molecule has 23 heavy (non-hydrogen) atoms. The second-order valence-electron chi connectivity index (χ2n) is 4.88. The van der Waals surface area contributed by atoms with E-state index in [1.54, 1.807) is 11.8 Å². The third-order valence-corrected chi connectivity index (χ3v) is 4.34. The van der Waals surface area contributed by atoms with Crippen LogP contribution in [0.15, 0.2) is 24.3 Å². The van der Waals surface area contributed by atoms with Gasteiger partial charge in [0.25, 0.3) is 0 Å². The SMILES string of the molecule is COc1cccc(NC(=S)NCCCn2nc(C)c(Cl)c2Cl)c1. The van der Waals surface area contributed by atoms with E-state index in [4.69, 9.17) is 40.2 Å². The zero-order valence-corrected chi connectivity index (χ0v) is 15.2. The van der Waals surface area contributed by atoms with Crippen molar-refractivity contribution < 1.29 is 4.74 Å². The Labute approximate surface area is 150 Å². The first-order chi connectivity index (χ1) is 11.0. The minimum Gasteiger partial charge on any atom is -0.497 e. The monoisotopic (exact) mass is 372 g/mol. The van der Waals surface area contributed by atoms with Gasteiger partial charge >= 0.3 is 0 Å². The molecule has 0 atom stereocenters. The highest BCUT2D eigenvalue weighted by molar-refractivity contribution is 7.80. The number of anilines is 1. The van der Waals surface area contributed by atoms with Gasteiger partial charge in [0.1, 0.15) is 15.9 Å². The largest absolute Gasteiger partial charge is 0.497 e. The fraction of sp³-hybridized carbons (Fsp3) is 0.333. The van der Waals surface area contributed by atoms with E-state index in [9.17, 15) is 0 Å². The van der Waals surface area contributed by atoms with Crippen molar-refractivity contribution in [3.63, 3.8) is 0 Å². The number of methoxy groups -OCH3 is 1. The Kier molecular flexibility index (Phi) is 6.50. The predicted octanol–water partition coefficient (Wildman–Crippen LogP) is 3.88. The van der Waals surface area contributed by atoms with E-state index in [2.05, 4.69) is 15.7 Å². The Bertz CT molecular complexity index is 690. The molecule has 0 unspecified atom stereocenters. The number of aryl methyl sites for hydroxylation is 2. The molecule has 0 radical (unpaired) electrons. The Morgan fingerprint density at radius 2 is 2.17 bits per heavy atom. The van der Waals surface area contributed by atoms with Crippen LogP contribution in [0.5, 0.6) is 5.75 Å². The number of halogens is 2. The summed E-state index contributed by atoms with van der Waals surface area (Å²) >= 11 is 17.4. The fourth-order valence-corrected chi connectivity index (χ4v) is 2.60. The predicted molar refractivity (Wildman–Crippen MR) is 98.8 cm³/mol. The Morgan fingerprint density at radius 1 is 1.39 bits per heavy atom. The molecule has 1 heterocycles. The van der Waals surface area contributed by atoms with Gasteiger partial charge < -0.3 is 15.4 Å². The van der Waals surface area contributed by atoms with Gasteiger partial charge in [-0.3, -0.25) is 4.68 Å². The molecule has 2 rings (SSSR count). The van der Waals surface area contributed by atoms with Crippen molar-refractivity contribution in [3.8, 4) is 5.75 Å². The average molecular weight is 373 g/mol.